The van der Waals surface area contributed by atoms with Crippen LogP contribution in [0.5, 0.6) is 0 Å². The monoisotopic (exact) mass is 341 g/mol. The minimum Gasteiger partial charge on any atom is -0.394 e. The van der Waals surface area contributed by atoms with Crippen molar-refractivity contribution in [2.45, 2.75) is 23.9 Å². The number of hydrogen-bond acceptors (Lipinski definition) is 4. The molecule has 3 N–H and O–H groups in total. The minimum atomic E-state index is -0.694. The molecule has 0 radical (unpaired) electrons. The normalized spacial score (nSPS) is 12.2. The van der Waals surface area contributed by atoms with Crippen molar-refractivity contribution >= 4 is 33.3 Å². The van der Waals surface area contributed by atoms with Crippen LogP contribution in [0.3, 0.4) is 0 Å². The molecule has 0 fully saturated rings. The Balaban J connectivity index is 2.21. The van der Waals surface area contributed by atoms with E-state index in [1.54, 1.807) is 11.8 Å². The van der Waals surface area contributed by atoms with Gasteiger partial charge in [0.1, 0.15) is 0 Å². The average Bonchev–Trinajstić information content (AvgIpc) is 2.64. The van der Waals surface area contributed by atoms with E-state index < -0.39 is 5.54 Å². The SMILES string of the molecule is CSc1c2ccccc2c(CNC(C)(CO)CO)c2ccccc12. The van der Waals surface area contributed by atoms with Gasteiger partial charge in [0.2, 0.25) is 0 Å². The summed E-state index contributed by atoms with van der Waals surface area (Å²) in [4.78, 5) is 1.29. The van der Waals surface area contributed by atoms with Crippen LogP contribution >= 0.6 is 11.8 Å². The summed E-state index contributed by atoms with van der Waals surface area (Å²) >= 11 is 1.77. The second-order valence-corrected chi connectivity index (χ2v) is 7.15. The Morgan fingerprint density at radius 3 is 1.75 bits per heavy atom. The Morgan fingerprint density at radius 1 is 0.875 bits per heavy atom. The van der Waals surface area contributed by atoms with E-state index >= 15 is 0 Å². The lowest BCUT2D eigenvalue weighted by Crippen LogP contribution is -2.48. The van der Waals surface area contributed by atoms with Gasteiger partial charge in [0, 0.05) is 11.4 Å². The van der Waals surface area contributed by atoms with Crippen LogP contribution in [-0.2, 0) is 6.54 Å². The first-order valence-corrected chi connectivity index (χ1v) is 9.29. The number of hydrogen-bond donors (Lipinski definition) is 3. The lowest BCUT2D eigenvalue weighted by molar-refractivity contribution is 0.103. The van der Waals surface area contributed by atoms with Gasteiger partial charge in [0.05, 0.1) is 18.8 Å². The zero-order chi connectivity index (χ0) is 17.2. The Morgan fingerprint density at radius 2 is 1.33 bits per heavy atom. The minimum absolute atomic E-state index is 0.109. The maximum absolute atomic E-state index is 9.55. The van der Waals surface area contributed by atoms with Crippen LogP contribution in [0.15, 0.2) is 53.4 Å². The van der Waals surface area contributed by atoms with Crippen LogP contribution in [0.25, 0.3) is 21.5 Å². The van der Waals surface area contributed by atoms with Crippen molar-refractivity contribution in [3.05, 3.63) is 54.1 Å². The summed E-state index contributed by atoms with van der Waals surface area (Å²) in [5, 5.41) is 27.3. The van der Waals surface area contributed by atoms with E-state index in [-0.39, 0.29) is 13.2 Å². The molecule has 0 saturated heterocycles. The second-order valence-electron chi connectivity index (χ2n) is 6.33. The summed E-state index contributed by atoms with van der Waals surface area (Å²) in [5.74, 6) is 0. The fraction of sp³-hybridized carbons (Fsp3) is 0.300. The van der Waals surface area contributed by atoms with E-state index in [0.717, 1.165) is 0 Å². The molecule has 0 aliphatic heterocycles. The molecule has 0 aliphatic carbocycles. The molecule has 0 amide bonds. The van der Waals surface area contributed by atoms with Crippen LogP contribution in [0, 0.1) is 0 Å². The third-order valence-electron chi connectivity index (χ3n) is 4.59. The van der Waals surface area contributed by atoms with Crippen LogP contribution < -0.4 is 5.32 Å². The molecule has 24 heavy (non-hydrogen) atoms. The van der Waals surface area contributed by atoms with E-state index in [4.69, 9.17) is 0 Å². The van der Waals surface area contributed by atoms with Gasteiger partial charge in [-0.2, -0.15) is 0 Å². The summed E-state index contributed by atoms with van der Waals surface area (Å²) in [6.07, 6.45) is 2.11. The van der Waals surface area contributed by atoms with Crippen molar-refractivity contribution < 1.29 is 10.2 Å². The molecule has 3 aromatic carbocycles. The van der Waals surface area contributed by atoms with E-state index in [0.29, 0.717) is 6.54 Å². The van der Waals surface area contributed by atoms with E-state index in [1.807, 2.05) is 6.92 Å². The highest BCUT2D eigenvalue weighted by atomic mass is 32.2. The lowest BCUT2D eigenvalue weighted by atomic mass is 9.95. The molecule has 3 nitrogen and oxygen atoms in total. The molecule has 3 rings (SSSR count). The molecule has 126 valence electrons. The molecule has 0 heterocycles. The van der Waals surface area contributed by atoms with Gasteiger partial charge in [-0.05, 0) is 40.3 Å². The Labute approximate surface area is 146 Å². The zero-order valence-electron chi connectivity index (χ0n) is 14.0. The summed E-state index contributed by atoms with van der Waals surface area (Å²) in [5.41, 5.74) is 0.507. The fourth-order valence-electron chi connectivity index (χ4n) is 3.05. The molecule has 0 bridgehead atoms. The average molecular weight is 341 g/mol. The van der Waals surface area contributed by atoms with Gasteiger partial charge in [0.15, 0.2) is 0 Å². The van der Waals surface area contributed by atoms with Crippen LogP contribution in [0.4, 0.5) is 0 Å². The van der Waals surface area contributed by atoms with Gasteiger partial charge < -0.3 is 15.5 Å². The van der Waals surface area contributed by atoms with E-state index in [2.05, 4.69) is 60.1 Å². The Hall–Kier alpha value is -1.59. The smallest absolute Gasteiger partial charge is 0.0633 e. The Bertz CT molecular complexity index is 802. The molecule has 0 atom stereocenters. The second kappa shape index (κ2) is 7.11. The molecule has 0 spiro atoms. The van der Waals surface area contributed by atoms with Gasteiger partial charge in [0.25, 0.3) is 0 Å². The van der Waals surface area contributed by atoms with Gasteiger partial charge in [-0.3, -0.25) is 0 Å². The van der Waals surface area contributed by atoms with Gasteiger partial charge in [-0.25, -0.2) is 0 Å². The quantitative estimate of drug-likeness (QED) is 0.474. The van der Waals surface area contributed by atoms with Crippen molar-refractivity contribution in [2.75, 3.05) is 19.5 Å². The van der Waals surface area contributed by atoms with Crippen LogP contribution in [-0.4, -0.2) is 35.2 Å². The number of rotatable bonds is 6. The highest BCUT2D eigenvalue weighted by molar-refractivity contribution is 7.99. The van der Waals surface area contributed by atoms with Gasteiger partial charge in [-0.1, -0.05) is 48.5 Å². The predicted molar refractivity (Wildman–Crippen MR) is 103 cm³/mol. The molecular formula is C20H23NO2S. The summed E-state index contributed by atoms with van der Waals surface area (Å²) in [7, 11) is 0. The molecule has 0 aromatic heterocycles. The first-order valence-electron chi connectivity index (χ1n) is 8.06. The molecule has 4 heteroatoms. The number of thioether (sulfide) groups is 1. The van der Waals surface area contributed by atoms with Gasteiger partial charge in [-0.15, -0.1) is 11.8 Å². The highest BCUT2D eigenvalue weighted by Gasteiger charge is 2.22. The first-order chi connectivity index (χ1) is 11.6. The van der Waals surface area contributed by atoms with Gasteiger partial charge >= 0.3 is 0 Å². The lowest BCUT2D eigenvalue weighted by Gasteiger charge is -2.27. The summed E-state index contributed by atoms with van der Waals surface area (Å²) in [6, 6.07) is 16.9. The first kappa shape index (κ1) is 17.2. The maximum atomic E-state index is 9.55. The molecule has 0 saturated carbocycles. The number of aliphatic hydroxyl groups is 2. The van der Waals surface area contributed by atoms with E-state index in [1.165, 1.54) is 32.0 Å². The Kier molecular flexibility index (Phi) is 5.11. The van der Waals surface area contributed by atoms with Crippen LogP contribution in [0.1, 0.15) is 12.5 Å². The third-order valence-corrected chi connectivity index (χ3v) is 5.44. The highest BCUT2D eigenvalue weighted by Crippen LogP contribution is 2.37. The standard InChI is InChI=1S/C20H23NO2S/c1-20(12-22,13-23)21-11-18-14-7-3-5-9-16(14)19(24-2)17-10-6-4-8-15(17)18/h3-10,21-23H,11-13H2,1-2H3. The van der Waals surface area contributed by atoms with Crippen molar-refractivity contribution in [2.24, 2.45) is 0 Å². The predicted octanol–water partition coefficient (Wildman–Crippen LogP) is 3.55. The van der Waals surface area contributed by atoms with Crippen molar-refractivity contribution in [1.29, 1.82) is 0 Å². The number of benzene rings is 3. The van der Waals surface area contributed by atoms with Crippen molar-refractivity contribution in [1.82, 2.24) is 5.32 Å². The zero-order valence-corrected chi connectivity index (χ0v) is 14.9. The topological polar surface area (TPSA) is 52.5 Å². The molecule has 3 aromatic rings. The maximum Gasteiger partial charge on any atom is 0.0633 e. The van der Waals surface area contributed by atoms with Crippen molar-refractivity contribution in [3.63, 3.8) is 0 Å². The number of nitrogens with one attached hydrogen (secondary N) is 1. The summed E-state index contributed by atoms with van der Waals surface area (Å²) in [6.45, 7) is 2.20. The van der Waals surface area contributed by atoms with Crippen LogP contribution in [0.2, 0.25) is 0 Å². The summed E-state index contributed by atoms with van der Waals surface area (Å²) < 4.78 is 0. The molecular weight excluding hydrogens is 318 g/mol. The number of fused-ring (bicyclic) bond motifs is 2. The third kappa shape index (κ3) is 3.03. The van der Waals surface area contributed by atoms with Crippen molar-refractivity contribution in [3.8, 4) is 0 Å². The van der Waals surface area contributed by atoms with E-state index in [9.17, 15) is 10.2 Å². The number of aliphatic hydroxyl groups excluding tert-OH is 2. The fourth-order valence-corrected chi connectivity index (χ4v) is 3.85. The molecule has 0 aliphatic rings. The largest absolute Gasteiger partial charge is 0.394 e. The molecule has 0 unspecified atom stereocenters.